The van der Waals surface area contributed by atoms with Crippen LogP contribution in [-0.2, 0) is 11.2 Å². The maximum atomic E-state index is 11.7. The molecule has 0 N–H and O–H groups in total. The van der Waals surface area contributed by atoms with Crippen LogP contribution < -0.4 is 4.74 Å². The van der Waals surface area contributed by atoms with Gasteiger partial charge in [-0.15, -0.1) is 0 Å². The van der Waals surface area contributed by atoms with Crippen LogP contribution in [0.15, 0.2) is 49.0 Å². The van der Waals surface area contributed by atoms with Gasteiger partial charge in [-0.3, -0.25) is 0 Å². The fraction of sp³-hybridized carbons (Fsp3) is 0.250. The van der Waals surface area contributed by atoms with Gasteiger partial charge >= 0.3 is 5.97 Å². The van der Waals surface area contributed by atoms with Crippen LogP contribution in [-0.4, -0.2) is 12.6 Å². The highest BCUT2D eigenvalue weighted by molar-refractivity contribution is 5.89. The third-order valence-corrected chi connectivity index (χ3v) is 3.60. The van der Waals surface area contributed by atoms with Crippen molar-refractivity contribution in [3.8, 4) is 5.75 Å². The average Bonchev–Trinajstić information content (AvgIpc) is 2.56. The van der Waals surface area contributed by atoms with Crippen molar-refractivity contribution in [2.24, 2.45) is 0 Å². The number of esters is 1. The summed E-state index contributed by atoms with van der Waals surface area (Å²) >= 11 is 0. The Hall–Kier alpha value is -2.55. The van der Waals surface area contributed by atoms with Crippen molar-refractivity contribution in [1.29, 1.82) is 0 Å². The smallest absolute Gasteiger partial charge is 0.338 e. The van der Waals surface area contributed by atoms with Crippen LogP contribution >= 0.6 is 0 Å². The van der Waals surface area contributed by atoms with Gasteiger partial charge in [-0.1, -0.05) is 37.8 Å². The molecule has 120 valence electrons. The highest BCUT2D eigenvalue weighted by Gasteiger charge is 2.10. The maximum absolute atomic E-state index is 11.7. The molecule has 2 rings (SSSR count). The summed E-state index contributed by atoms with van der Waals surface area (Å²) in [7, 11) is 0. The van der Waals surface area contributed by atoms with E-state index in [9.17, 15) is 4.79 Å². The van der Waals surface area contributed by atoms with Gasteiger partial charge in [0.2, 0.25) is 0 Å². The van der Waals surface area contributed by atoms with Crippen LogP contribution in [0.3, 0.4) is 0 Å². The Morgan fingerprint density at radius 3 is 2.26 bits per heavy atom. The topological polar surface area (TPSA) is 35.5 Å². The number of carbonyl (C=O) groups excluding carboxylic acids is 1. The van der Waals surface area contributed by atoms with Crippen molar-refractivity contribution >= 4 is 11.7 Å². The van der Waals surface area contributed by atoms with Crippen molar-refractivity contribution in [3.05, 3.63) is 71.3 Å². The van der Waals surface area contributed by atoms with E-state index in [-0.39, 0.29) is 5.97 Å². The summed E-state index contributed by atoms with van der Waals surface area (Å²) in [6, 6.07) is 13.4. The third kappa shape index (κ3) is 4.22. The van der Waals surface area contributed by atoms with E-state index < -0.39 is 0 Å². The standard InChI is InChI=1S/C20H22O3/c1-5-16-7-9-17(10-8-16)15(4)23-19-12-11-18(13-14(19)3)20(21)22-6-2/h7-13H,4-6H2,1-3H3. The molecule has 3 heteroatoms. The molecule has 2 aromatic carbocycles. The van der Waals surface area contributed by atoms with Gasteiger partial charge in [-0.25, -0.2) is 4.79 Å². The van der Waals surface area contributed by atoms with Gasteiger partial charge in [0.1, 0.15) is 11.5 Å². The minimum Gasteiger partial charge on any atom is -0.462 e. The van der Waals surface area contributed by atoms with Gasteiger partial charge in [0, 0.05) is 5.56 Å². The van der Waals surface area contributed by atoms with E-state index in [2.05, 4.69) is 25.6 Å². The summed E-state index contributed by atoms with van der Waals surface area (Å²) < 4.78 is 10.9. The summed E-state index contributed by atoms with van der Waals surface area (Å²) in [5, 5.41) is 0. The van der Waals surface area contributed by atoms with E-state index in [1.54, 1.807) is 25.1 Å². The second-order valence-electron chi connectivity index (χ2n) is 5.28. The van der Waals surface area contributed by atoms with Crippen molar-refractivity contribution in [3.63, 3.8) is 0 Å². The minimum absolute atomic E-state index is 0.323. The molecular weight excluding hydrogens is 288 g/mol. The SMILES string of the molecule is C=C(Oc1ccc(C(=O)OCC)cc1C)c1ccc(CC)cc1. The van der Waals surface area contributed by atoms with Crippen LogP contribution in [0.1, 0.15) is 40.9 Å². The summed E-state index contributed by atoms with van der Waals surface area (Å²) in [6.45, 7) is 10.2. The van der Waals surface area contributed by atoms with E-state index in [1.165, 1.54) is 5.56 Å². The van der Waals surface area contributed by atoms with Crippen molar-refractivity contribution in [2.75, 3.05) is 6.61 Å². The molecule has 0 aliphatic heterocycles. The zero-order valence-electron chi connectivity index (χ0n) is 13.9. The van der Waals surface area contributed by atoms with E-state index in [0.29, 0.717) is 23.7 Å². The van der Waals surface area contributed by atoms with E-state index in [4.69, 9.17) is 9.47 Å². The molecule has 0 saturated heterocycles. The molecule has 0 spiro atoms. The molecule has 23 heavy (non-hydrogen) atoms. The first kappa shape index (κ1) is 16.8. The second-order valence-corrected chi connectivity index (χ2v) is 5.28. The first-order chi connectivity index (χ1) is 11.0. The highest BCUT2D eigenvalue weighted by Crippen LogP contribution is 2.25. The molecule has 0 radical (unpaired) electrons. The molecule has 0 unspecified atom stereocenters. The van der Waals surface area contributed by atoms with Gasteiger partial charge in [0.25, 0.3) is 0 Å². The predicted molar refractivity (Wildman–Crippen MR) is 92.6 cm³/mol. The predicted octanol–water partition coefficient (Wildman–Crippen LogP) is 4.78. The third-order valence-electron chi connectivity index (χ3n) is 3.60. The lowest BCUT2D eigenvalue weighted by molar-refractivity contribution is 0.0526. The summed E-state index contributed by atoms with van der Waals surface area (Å²) in [4.78, 5) is 11.7. The van der Waals surface area contributed by atoms with Gasteiger partial charge in [0.05, 0.1) is 12.2 Å². The maximum Gasteiger partial charge on any atom is 0.338 e. The van der Waals surface area contributed by atoms with Gasteiger partial charge in [0.15, 0.2) is 0 Å². The Labute approximate surface area is 137 Å². The second kappa shape index (κ2) is 7.63. The zero-order valence-corrected chi connectivity index (χ0v) is 13.9. The van der Waals surface area contributed by atoms with E-state index in [0.717, 1.165) is 17.5 Å². The molecule has 0 saturated carbocycles. The van der Waals surface area contributed by atoms with E-state index in [1.807, 2.05) is 19.1 Å². The largest absolute Gasteiger partial charge is 0.462 e. The first-order valence-electron chi connectivity index (χ1n) is 7.79. The molecule has 0 fully saturated rings. The van der Waals surface area contributed by atoms with Gasteiger partial charge in [-0.05, 0) is 49.6 Å². The van der Waals surface area contributed by atoms with Crippen LogP contribution in [0.2, 0.25) is 0 Å². The first-order valence-corrected chi connectivity index (χ1v) is 7.79. The lowest BCUT2D eigenvalue weighted by atomic mass is 10.1. The number of hydrogen-bond acceptors (Lipinski definition) is 3. The molecule has 0 atom stereocenters. The molecule has 0 aliphatic carbocycles. The number of carbonyl (C=O) groups is 1. The minimum atomic E-state index is -0.323. The number of hydrogen-bond donors (Lipinski definition) is 0. The van der Waals surface area contributed by atoms with Crippen LogP contribution in [0, 0.1) is 6.92 Å². The lowest BCUT2D eigenvalue weighted by Gasteiger charge is -2.12. The number of aryl methyl sites for hydroxylation is 2. The summed E-state index contributed by atoms with van der Waals surface area (Å²) in [5.74, 6) is 0.943. The fourth-order valence-corrected chi connectivity index (χ4v) is 2.22. The molecule has 0 aliphatic rings. The van der Waals surface area contributed by atoms with Gasteiger partial charge in [-0.2, -0.15) is 0 Å². The Bertz CT molecular complexity index is 699. The quantitative estimate of drug-likeness (QED) is 0.569. The van der Waals surface area contributed by atoms with Crippen LogP contribution in [0.4, 0.5) is 0 Å². The number of rotatable bonds is 6. The average molecular weight is 310 g/mol. The summed E-state index contributed by atoms with van der Waals surface area (Å²) in [5.41, 5.74) is 3.60. The monoisotopic (exact) mass is 310 g/mol. The summed E-state index contributed by atoms with van der Waals surface area (Å²) in [6.07, 6.45) is 1.00. The molecule has 2 aromatic rings. The van der Waals surface area contributed by atoms with Gasteiger partial charge < -0.3 is 9.47 Å². The zero-order chi connectivity index (χ0) is 16.8. The number of ether oxygens (including phenoxy) is 2. The Morgan fingerprint density at radius 1 is 1.04 bits per heavy atom. The van der Waals surface area contributed by atoms with E-state index >= 15 is 0 Å². The van der Waals surface area contributed by atoms with Crippen molar-refractivity contribution < 1.29 is 14.3 Å². The fourth-order valence-electron chi connectivity index (χ4n) is 2.22. The highest BCUT2D eigenvalue weighted by atomic mass is 16.5. The lowest BCUT2D eigenvalue weighted by Crippen LogP contribution is -2.05. The molecule has 0 aromatic heterocycles. The molecule has 0 amide bonds. The Kier molecular flexibility index (Phi) is 5.58. The normalized spacial score (nSPS) is 10.2. The molecule has 3 nitrogen and oxygen atoms in total. The number of benzene rings is 2. The molecule has 0 bridgehead atoms. The van der Waals surface area contributed by atoms with Crippen molar-refractivity contribution in [2.45, 2.75) is 27.2 Å². The van der Waals surface area contributed by atoms with Crippen LogP contribution in [0.25, 0.3) is 5.76 Å². The molecule has 0 heterocycles. The molecular formula is C20H22O3. The van der Waals surface area contributed by atoms with Crippen LogP contribution in [0.5, 0.6) is 5.75 Å². The Morgan fingerprint density at radius 2 is 1.70 bits per heavy atom. The Balaban J connectivity index is 2.12. The van der Waals surface area contributed by atoms with Crippen molar-refractivity contribution in [1.82, 2.24) is 0 Å².